The van der Waals surface area contributed by atoms with Gasteiger partial charge in [-0.2, -0.15) is 0 Å². The van der Waals surface area contributed by atoms with E-state index in [4.69, 9.17) is 14.2 Å². The van der Waals surface area contributed by atoms with Crippen LogP contribution in [-0.2, 0) is 24.4 Å². The van der Waals surface area contributed by atoms with E-state index in [0.717, 1.165) is 33.9 Å². The summed E-state index contributed by atoms with van der Waals surface area (Å²) in [7, 11) is 3.23. The Morgan fingerprint density at radius 1 is 0.800 bits per heavy atom. The molecule has 5 nitrogen and oxygen atoms in total. The SMILES string of the molecule is COc1cc(CCC(=O)NCc2ccccc2COc2ccccc2)cc(OC)c1. The second-order valence-corrected chi connectivity index (χ2v) is 6.87. The van der Waals surface area contributed by atoms with Crippen molar-refractivity contribution in [2.75, 3.05) is 14.2 Å². The van der Waals surface area contributed by atoms with Crippen LogP contribution in [0.25, 0.3) is 0 Å². The Labute approximate surface area is 177 Å². The number of aryl methyl sites for hydroxylation is 1. The van der Waals surface area contributed by atoms with Crippen LogP contribution in [0, 0.1) is 0 Å². The molecule has 1 amide bonds. The van der Waals surface area contributed by atoms with Gasteiger partial charge in [0.2, 0.25) is 5.91 Å². The summed E-state index contributed by atoms with van der Waals surface area (Å²) >= 11 is 0. The number of nitrogens with one attached hydrogen (secondary N) is 1. The molecular weight excluding hydrogens is 378 g/mol. The van der Waals surface area contributed by atoms with Crippen molar-refractivity contribution in [1.82, 2.24) is 5.32 Å². The highest BCUT2D eigenvalue weighted by molar-refractivity contribution is 5.76. The molecule has 0 unspecified atom stereocenters. The zero-order valence-electron chi connectivity index (χ0n) is 17.4. The normalized spacial score (nSPS) is 10.3. The van der Waals surface area contributed by atoms with E-state index in [2.05, 4.69) is 5.32 Å². The summed E-state index contributed by atoms with van der Waals surface area (Å²) in [5.74, 6) is 2.26. The number of para-hydroxylation sites is 1. The molecule has 0 aliphatic carbocycles. The standard InChI is InChI=1S/C25H27NO4/c1-28-23-14-19(15-24(16-23)29-2)12-13-25(27)26-17-20-8-6-7-9-21(20)18-30-22-10-4-3-5-11-22/h3-11,14-16H,12-13,17-18H2,1-2H3,(H,26,27). The van der Waals surface area contributed by atoms with E-state index in [1.165, 1.54) is 0 Å². The van der Waals surface area contributed by atoms with Crippen LogP contribution >= 0.6 is 0 Å². The zero-order chi connectivity index (χ0) is 21.2. The van der Waals surface area contributed by atoms with Crippen molar-refractivity contribution < 1.29 is 19.0 Å². The maximum atomic E-state index is 12.4. The lowest BCUT2D eigenvalue weighted by Crippen LogP contribution is -2.23. The van der Waals surface area contributed by atoms with Gasteiger partial charge in [-0.1, -0.05) is 42.5 Å². The van der Waals surface area contributed by atoms with E-state index < -0.39 is 0 Å². The highest BCUT2D eigenvalue weighted by atomic mass is 16.5. The first-order valence-electron chi connectivity index (χ1n) is 9.91. The topological polar surface area (TPSA) is 56.8 Å². The molecule has 30 heavy (non-hydrogen) atoms. The molecule has 0 heterocycles. The van der Waals surface area contributed by atoms with Gasteiger partial charge >= 0.3 is 0 Å². The molecule has 3 rings (SSSR count). The molecule has 0 radical (unpaired) electrons. The molecule has 0 aliphatic heterocycles. The van der Waals surface area contributed by atoms with Gasteiger partial charge in [-0.25, -0.2) is 0 Å². The number of carbonyl (C=O) groups is 1. The van der Waals surface area contributed by atoms with Crippen molar-refractivity contribution >= 4 is 5.91 Å². The van der Waals surface area contributed by atoms with Gasteiger partial charge in [-0.05, 0) is 47.4 Å². The van der Waals surface area contributed by atoms with Crippen molar-refractivity contribution in [3.05, 3.63) is 89.5 Å². The first-order valence-corrected chi connectivity index (χ1v) is 9.91. The van der Waals surface area contributed by atoms with Crippen LogP contribution in [0.4, 0.5) is 0 Å². The molecule has 0 saturated heterocycles. The largest absolute Gasteiger partial charge is 0.497 e. The Morgan fingerprint density at radius 2 is 1.43 bits per heavy atom. The van der Waals surface area contributed by atoms with E-state index in [1.54, 1.807) is 14.2 Å². The van der Waals surface area contributed by atoms with Gasteiger partial charge in [0.25, 0.3) is 0 Å². The van der Waals surface area contributed by atoms with E-state index in [1.807, 2.05) is 72.8 Å². The average Bonchev–Trinajstić information content (AvgIpc) is 2.80. The van der Waals surface area contributed by atoms with Crippen LogP contribution < -0.4 is 19.5 Å². The average molecular weight is 405 g/mol. The first kappa shape index (κ1) is 21.2. The fourth-order valence-electron chi connectivity index (χ4n) is 3.10. The van der Waals surface area contributed by atoms with Crippen LogP contribution in [0.1, 0.15) is 23.1 Å². The Morgan fingerprint density at radius 3 is 2.10 bits per heavy atom. The third-order valence-corrected chi connectivity index (χ3v) is 4.78. The van der Waals surface area contributed by atoms with E-state index in [0.29, 0.717) is 26.0 Å². The maximum absolute atomic E-state index is 12.4. The third-order valence-electron chi connectivity index (χ3n) is 4.78. The Kier molecular flexibility index (Phi) is 7.72. The van der Waals surface area contributed by atoms with E-state index in [9.17, 15) is 4.79 Å². The summed E-state index contributed by atoms with van der Waals surface area (Å²) < 4.78 is 16.4. The number of carbonyl (C=O) groups excluding carboxylic acids is 1. The van der Waals surface area contributed by atoms with Gasteiger partial charge in [0.05, 0.1) is 14.2 Å². The summed E-state index contributed by atoms with van der Waals surface area (Å²) in [6.07, 6.45) is 0.997. The number of rotatable bonds is 10. The van der Waals surface area contributed by atoms with Gasteiger partial charge in [-0.15, -0.1) is 0 Å². The lowest BCUT2D eigenvalue weighted by molar-refractivity contribution is -0.121. The quantitative estimate of drug-likeness (QED) is 0.538. The molecule has 0 aliphatic rings. The summed E-state index contributed by atoms with van der Waals surface area (Å²) in [5, 5.41) is 3.01. The van der Waals surface area contributed by atoms with Gasteiger partial charge < -0.3 is 19.5 Å². The summed E-state index contributed by atoms with van der Waals surface area (Å²) in [6.45, 7) is 0.925. The molecule has 3 aromatic carbocycles. The highest BCUT2D eigenvalue weighted by Gasteiger charge is 2.08. The van der Waals surface area contributed by atoms with Crippen LogP contribution in [-0.4, -0.2) is 20.1 Å². The molecule has 3 aromatic rings. The number of hydrogen-bond acceptors (Lipinski definition) is 4. The van der Waals surface area contributed by atoms with Crippen molar-refractivity contribution in [3.63, 3.8) is 0 Å². The van der Waals surface area contributed by atoms with Crippen LogP contribution in [0.3, 0.4) is 0 Å². The minimum atomic E-state index is -0.00410. The molecule has 5 heteroatoms. The fourth-order valence-corrected chi connectivity index (χ4v) is 3.10. The van der Waals surface area contributed by atoms with Crippen molar-refractivity contribution in [1.29, 1.82) is 0 Å². The number of amides is 1. The van der Waals surface area contributed by atoms with Gasteiger partial charge in [0.15, 0.2) is 0 Å². The van der Waals surface area contributed by atoms with Crippen LogP contribution in [0.5, 0.6) is 17.2 Å². The number of hydrogen-bond donors (Lipinski definition) is 1. The molecule has 0 spiro atoms. The smallest absolute Gasteiger partial charge is 0.220 e. The van der Waals surface area contributed by atoms with E-state index in [-0.39, 0.29) is 5.91 Å². The lowest BCUT2D eigenvalue weighted by Gasteiger charge is -2.12. The summed E-state index contributed by atoms with van der Waals surface area (Å²) in [6, 6.07) is 23.3. The molecular formula is C25H27NO4. The maximum Gasteiger partial charge on any atom is 0.220 e. The number of ether oxygens (including phenoxy) is 3. The summed E-state index contributed by atoms with van der Waals surface area (Å²) in [5.41, 5.74) is 3.10. The lowest BCUT2D eigenvalue weighted by atomic mass is 10.1. The zero-order valence-corrected chi connectivity index (χ0v) is 17.4. The van der Waals surface area contributed by atoms with Crippen molar-refractivity contribution in [2.45, 2.75) is 26.0 Å². The monoisotopic (exact) mass is 405 g/mol. The molecule has 0 atom stereocenters. The van der Waals surface area contributed by atoms with Gasteiger partial charge in [-0.3, -0.25) is 4.79 Å². The molecule has 1 N–H and O–H groups in total. The van der Waals surface area contributed by atoms with Crippen LogP contribution in [0.15, 0.2) is 72.8 Å². The van der Waals surface area contributed by atoms with E-state index >= 15 is 0 Å². The molecule has 0 aromatic heterocycles. The second-order valence-electron chi connectivity index (χ2n) is 6.87. The number of benzene rings is 3. The molecule has 156 valence electrons. The predicted molar refractivity (Wildman–Crippen MR) is 117 cm³/mol. The Bertz CT molecular complexity index is 934. The minimum Gasteiger partial charge on any atom is -0.497 e. The number of methoxy groups -OCH3 is 2. The fraction of sp³-hybridized carbons (Fsp3) is 0.240. The van der Waals surface area contributed by atoms with Gasteiger partial charge in [0.1, 0.15) is 23.9 Å². The third kappa shape index (κ3) is 6.27. The molecule has 0 bridgehead atoms. The second kappa shape index (κ2) is 10.9. The minimum absolute atomic E-state index is 0.00410. The Hall–Kier alpha value is -3.47. The first-order chi connectivity index (χ1) is 14.7. The highest BCUT2D eigenvalue weighted by Crippen LogP contribution is 2.23. The van der Waals surface area contributed by atoms with Gasteiger partial charge in [0, 0.05) is 19.0 Å². The Balaban J connectivity index is 1.52. The molecule has 0 fully saturated rings. The van der Waals surface area contributed by atoms with Crippen molar-refractivity contribution in [3.8, 4) is 17.2 Å². The summed E-state index contributed by atoms with van der Waals surface area (Å²) in [4.78, 5) is 12.4. The van der Waals surface area contributed by atoms with Crippen LogP contribution in [0.2, 0.25) is 0 Å². The molecule has 0 saturated carbocycles. The predicted octanol–water partition coefficient (Wildman–Crippen LogP) is 4.53. The van der Waals surface area contributed by atoms with Crippen molar-refractivity contribution in [2.24, 2.45) is 0 Å².